The Labute approximate surface area is 207 Å². The first-order valence-electron chi connectivity index (χ1n) is 10.6. The van der Waals surface area contributed by atoms with Crippen LogP contribution in [-0.2, 0) is 26.8 Å². The van der Waals surface area contributed by atoms with Gasteiger partial charge in [0.1, 0.15) is 11.4 Å². The van der Waals surface area contributed by atoms with Crippen molar-refractivity contribution in [2.24, 2.45) is 0 Å². The molecule has 32 heavy (non-hydrogen) atoms. The van der Waals surface area contributed by atoms with E-state index in [1.165, 1.54) is 24.3 Å². The van der Waals surface area contributed by atoms with Gasteiger partial charge in [0.2, 0.25) is 0 Å². The molecule has 0 aromatic heterocycles. The molecule has 1 aliphatic carbocycles. The van der Waals surface area contributed by atoms with E-state index in [0.717, 1.165) is 30.4 Å². The molecular formula is C25H29MgO5S+. The van der Waals surface area contributed by atoms with Gasteiger partial charge in [-0.1, -0.05) is 49.4 Å². The summed E-state index contributed by atoms with van der Waals surface area (Å²) in [7, 11) is -3.04. The van der Waals surface area contributed by atoms with Crippen molar-refractivity contribution in [1.29, 1.82) is 0 Å². The summed E-state index contributed by atoms with van der Waals surface area (Å²) in [5.41, 5.74) is 3.03. The van der Waals surface area contributed by atoms with E-state index in [1.807, 2.05) is 24.3 Å². The second-order valence-corrected chi connectivity index (χ2v) is 10.6. The number of rotatable bonds is 10. The van der Waals surface area contributed by atoms with Crippen LogP contribution in [0.15, 0.2) is 48.5 Å². The molecule has 0 amide bonds. The molecule has 0 heterocycles. The summed E-state index contributed by atoms with van der Waals surface area (Å²) in [4.78, 5) is 11.3. The Morgan fingerprint density at radius 3 is 2.38 bits per heavy atom. The molecule has 0 saturated carbocycles. The van der Waals surface area contributed by atoms with Gasteiger partial charge in [0.05, 0.1) is 11.7 Å². The minimum Gasteiger partial charge on any atom is -0.546 e. The summed E-state index contributed by atoms with van der Waals surface area (Å²) in [6, 6.07) is 13.5. The first kappa shape index (κ1) is 26.4. The van der Waals surface area contributed by atoms with Gasteiger partial charge < -0.3 is 14.6 Å². The molecule has 0 aliphatic heterocycles. The molecule has 0 radical (unpaired) electrons. The monoisotopic (exact) mass is 465 g/mol. The molecule has 1 aliphatic rings. The van der Waals surface area contributed by atoms with Crippen molar-refractivity contribution in [2.75, 3.05) is 6.26 Å². The molecule has 1 unspecified atom stereocenters. The number of ether oxygens (including phenoxy) is 1. The summed E-state index contributed by atoms with van der Waals surface area (Å²) < 4.78 is 28.7. The molecule has 7 heteroatoms. The van der Waals surface area contributed by atoms with Crippen LogP contribution in [0.1, 0.15) is 61.3 Å². The van der Waals surface area contributed by atoms with Gasteiger partial charge in [0.15, 0.2) is 9.84 Å². The van der Waals surface area contributed by atoms with Crippen molar-refractivity contribution in [3.63, 3.8) is 0 Å². The number of carbonyl (C=O) groups excluding carboxylic acids is 1. The molecule has 166 valence electrons. The molecule has 3 rings (SSSR count). The Kier molecular flexibility index (Phi) is 8.96. The first-order valence-corrected chi connectivity index (χ1v) is 12.6. The number of aryl methyl sites for hydroxylation is 1. The average Bonchev–Trinajstić information content (AvgIpc) is 3.10. The van der Waals surface area contributed by atoms with Gasteiger partial charge in [-0.15, -0.1) is 0 Å². The topological polar surface area (TPSA) is 83.5 Å². The molecule has 0 N–H and O–H groups in total. The van der Waals surface area contributed by atoms with Crippen molar-refractivity contribution >= 4 is 44.9 Å². The molecule has 0 fully saturated rings. The zero-order valence-electron chi connectivity index (χ0n) is 19.0. The third kappa shape index (κ3) is 6.83. The van der Waals surface area contributed by atoms with Crippen LogP contribution in [0.25, 0.3) is 6.08 Å². The van der Waals surface area contributed by atoms with Gasteiger partial charge in [-0.25, -0.2) is 8.42 Å². The zero-order chi connectivity index (χ0) is 22.6. The van der Waals surface area contributed by atoms with E-state index in [9.17, 15) is 18.3 Å². The van der Waals surface area contributed by atoms with Crippen LogP contribution in [0, 0.1) is 0 Å². The molecule has 2 aromatic rings. The van der Waals surface area contributed by atoms with Gasteiger partial charge in [0, 0.05) is 12.2 Å². The summed E-state index contributed by atoms with van der Waals surface area (Å²) in [5.74, 6) is -0.278. The average molecular weight is 466 g/mol. The normalized spacial score (nSPS) is 16.7. The van der Waals surface area contributed by atoms with Gasteiger partial charge >= 0.3 is 23.1 Å². The van der Waals surface area contributed by atoms with Crippen LogP contribution in [-0.4, -0.2) is 49.3 Å². The van der Waals surface area contributed by atoms with E-state index in [1.54, 1.807) is 19.1 Å². The Hall–Kier alpha value is -1.83. The van der Waals surface area contributed by atoms with Crippen molar-refractivity contribution in [3.8, 4) is 5.75 Å². The van der Waals surface area contributed by atoms with E-state index < -0.39 is 21.4 Å². The smallest absolute Gasteiger partial charge is 0.546 e. The number of sulfone groups is 1. The van der Waals surface area contributed by atoms with Gasteiger partial charge in [-0.2, -0.15) is 0 Å². The van der Waals surface area contributed by atoms with Crippen molar-refractivity contribution in [3.05, 3.63) is 70.8 Å². The fraction of sp³-hybridized carbons (Fsp3) is 0.400. The van der Waals surface area contributed by atoms with E-state index >= 15 is 0 Å². The summed E-state index contributed by atoms with van der Waals surface area (Å²) in [6.45, 7) is 3.28. The number of allylic oxidation sites excluding steroid dienone is 1. The maximum atomic E-state index is 11.5. The number of carboxylic acids is 1. The SMILES string of the molecule is CC[C@@](C)(Oc1ccc(CCCC2C=Cc3cc(CS(C)(=O)=O)ccc32)cc1)C(=O)[O-].[Mg+2]. The van der Waals surface area contributed by atoms with Crippen molar-refractivity contribution in [2.45, 2.75) is 56.8 Å². The molecule has 5 nitrogen and oxygen atoms in total. The van der Waals surface area contributed by atoms with E-state index in [4.69, 9.17) is 4.74 Å². The minimum absolute atomic E-state index is 0. The molecule has 0 bridgehead atoms. The number of fused-ring (bicyclic) bond motifs is 1. The van der Waals surface area contributed by atoms with E-state index in [0.29, 0.717) is 18.1 Å². The number of benzene rings is 2. The Morgan fingerprint density at radius 1 is 1.12 bits per heavy atom. The van der Waals surface area contributed by atoms with Gasteiger partial charge in [-0.3, -0.25) is 0 Å². The quantitative estimate of drug-likeness (QED) is 0.503. The van der Waals surface area contributed by atoms with Crippen LogP contribution >= 0.6 is 0 Å². The Bertz CT molecular complexity index is 1080. The number of carboxylic acid groups (broad SMARTS) is 1. The molecular weight excluding hydrogens is 437 g/mol. The fourth-order valence-corrected chi connectivity index (χ4v) is 4.63. The summed E-state index contributed by atoms with van der Waals surface area (Å²) in [5, 5.41) is 11.3. The minimum atomic E-state index is -3.04. The van der Waals surface area contributed by atoms with Crippen molar-refractivity contribution in [1.82, 2.24) is 0 Å². The third-order valence-electron chi connectivity index (χ3n) is 5.84. The third-order valence-corrected chi connectivity index (χ3v) is 6.70. The van der Waals surface area contributed by atoms with E-state index in [-0.39, 0.29) is 28.8 Å². The number of hydrogen-bond donors (Lipinski definition) is 0. The predicted octanol–water partition coefficient (Wildman–Crippen LogP) is 3.28. The van der Waals surface area contributed by atoms with Gasteiger partial charge in [-0.05, 0) is 67.0 Å². The van der Waals surface area contributed by atoms with E-state index in [2.05, 4.69) is 18.2 Å². The Morgan fingerprint density at radius 2 is 1.78 bits per heavy atom. The van der Waals surface area contributed by atoms with Crippen molar-refractivity contribution < 1.29 is 23.1 Å². The standard InChI is InChI=1S/C25H30O5S.Mg/c1-4-25(2,24(26)27)30-22-13-8-18(9-14-22)6-5-7-20-11-12-21-16-19(10-15-23(20)21)17-31(3,28)29;/h8-16,20H,4-7,17H2,1-3H3,(H,26,27);/q;+2/p-1/t20?,25-;/m1./s1. The molecule has 2 aromatic carbocycles. The summed E-state index contributed by atoms with van der Waals surface area (Å²) >= 11 is 0. The second-order valence-electron chi connectivity index (χ2n) is 8.51. The number of carbonyl (C=O) groups is 1. The summed E-state index contributed by atoms with van der Waals surface area (Å²) in [6.07, 6.45) is 8.78. The van der Waals surface area contributed by atoms with Crippen LogP contribution in [0.3, 0.4) is 0 Å². The van der Waals surface area contributed by atoms with Gasteiger partial charge in [0.25, 0.3) is 0 Å². The number of aliphatic carboxylic acids is 1. The first-order chi connectivity index (χ1) is 14.6. The molecule has 2 atom stereocenters. The number of hydrogen-bond acceptors (Lipinski definition) is 5. The predicted molar refractivity (Wildman–Crippen MR) is 126 cm³/mol. The van der Waals surface area contributed by atoms with Crippen LogP contribution in [0.5, 0.6) is 5.75 Å². The fourth-order valence-electron chi connectivity index (χ4n) is 3.84. The van der Waals surface area contributed by atoms with Crippen LogP contribution in [0.4, 0.5) is 0 Å². The maximum absolute atomic E-state index is 11.5. The maximum Gasteiger partial charge on any atom is 2.00 e. The second kappa shape index (κ2) is 10.9. The zero-order valence-corrected chi connectivity index (χ0v) is 21.2. The van der Waals surface area contributed by atoms with Crippen LogP contribution in [0.2, 0.25) is 0 Å². The Balaban J connectivity index is 0.00000363. The largest absolute Gasteiger partial charge is 2.00 e. The van der Waals surface area contributed by atoms with Crippen LogP contribution < -0.4 is 9.84 Å². The molecule has 0 spiro atoms. The molecule has 0 saturated heterocycles.